The standard InChI is InChI=1S/C23H24ClNO6/c1-3-31-16-8-5-14(6-9-16)21(27)19-20(15-7-10-18(26)17(24)13-15)25(11-4-12-30-2)23(29)22(19)28/h5-10,13,20,26-27H,3-4,11-12H2,1-2H3/b21-19-. The molecule has 1 fully saturated rings. The molecule has 0 radical (unpaired) electrons. The highest BCUT2D eigenvalue weighted by atomic mass is 35.5. The Morgan fingerprint density at radius 2 is 1.87 bits per heavy atom. The van der Waals surface area contributed by atoms with Gasteiger partial charge in [0.05, 0.1) is 23.2 Å². The van der Waals surface area contributed by atoms with Gasteiger partial charge in [0, 0.05) is 25.8 Å². The number of phenols is 1. The molecule has 8 heteroatoms. The van der Waals surface area contributed by atoms with E-state index in [1.54, 1.807) is 37.4 Å². The van der Waals surface area contributed by atoms with Gasteiger partial charge in [-0.25, -0.2) is 0 Å². The van der Waals surface area contributed by atoms with Gasteiger partial charge in [-0.15, -0.1) is 0 Å². The number of amides is 1. The summed E-state index contributed by atoms with van der Waals surface area (Å²) in [5.41, 5.74) is 0.855. The van der Waals surface area contributed by atoms with Crippen LogP contribution >= 0.6 is 11.6 Å². The van der Waals surface area contributed by atoms with Crippen molar-refractivity contribution >= 4 is 29.1 Å². The lowest BCUT2D eigenvalue weighted by Crippen LogP contribution is -2.31. The maximum atomic E-state index is 12.9. The fourth-order valence-corrected chi connectivity index (χ4v) is 3.75. The molecule has 0 bridgehead atoms. The summed E-state index contributed by atoms with van der Waals surface area (Å²) in [4.78, 5) is 27.1. The van der Waals surface area contributed by atoms with Gasteiger partial charge < -0.3 is 24.6 Å². The Morgan fingerprint density at radius 3 is 2.48 bits per heavy atom. The molecule has 1 saturated heterocycles. The van der Waals surface area contributed by atoms with Crippen LogP contribution in [-0.4, -0.2) is 53.7 Å². The molecule has 1 amide bonds. The Morgan fingerprint density at radius 1 is 1.16 bits per heavy atom. The van der Waals surface area contributed by atoms with Crippen molar-refractivity contribution in [2.24, 2.45) is 0 Å². The van der Waals surface area contributed by atoms with E-state index in [-0.39, 0.29) is 28.6 Å². The van der Waals surface area contributed by atoms with Gasteiger partial charge in [0.15, 0.2) is 0 Å². The molecule has 1 atom stereocenters. The van der Waals surface area contributed by atoms with E-state index in [1.807, 2.05) is 6.92 Å². The number of Topliss-reactive ketones (excluding diaryl/α,β-unsaturated/α-hetero) is 1. The van der Waals surface area contributed by atoms with E-state index in [0.717, 1.165) is 0 Å². The number of benzene rings is 2. The molecule has 3 rings (SSSR count). The first-order valence-electron chi connectivity index (χ1n) is 9.88. The first-order chi connectivity index (χ1) is 14.9. The number of halogens is 1. The van der Waals surface area contributed by atoms with Crippen LogP contribution in [0.15, 0.2) is 48.0 Å². The molecule has 1 aliphatic heterocycles. The molecule has 2 aromatic rings. The third-order valence-corrected chi connectivity index (χ3v) is 5.32. The third kappa shape index (κ3) is 4.68. The van der Waals surface area contributed by atoms with Crippen LogP contribution in [0.5, 0.6) is 11.5 Å². The lowest BCUT2D eigenvalue weighted by atomic mass is 9.95. The van der Waals surface area contributed by atoms with Crippen molar-refractivity contribution in [3.63, 3.8) is 0 Å². The molecule has 0 spiro atoms. The highest BCUT2D eigenvalue weighted by Gasteiger charge is 2.45. The summed E-state index contributed by atoms with van der Waals surface area (Å²) < 4.78 is 10.5. The molecule has 1 aliphatic rings. The van der Waals surface area contributed by atoms with Crippen molar-refractivity contribution in [2.75, 3.05) is 26.9 Å². The average Bonchev–Trinajstić information content (AvgIpc) is 3.01. The summed E-state index contributed by atoms with van der Waals surface area (Å²) in [7, 11) is 1.55. The smallest absolute Gasteiger partial charge is 0.295 e. The van der Waals surface area contributed by atoms with E-state index in [9.17, 15) is 19.8 Å². The average molecular weight is 446 g/mol. The van der Waals surface area contributed by atoms with Crippen molar-refractivity contribution in [3.05, 3.63) is 64.2 Å². The maximum Gasteiger partial charge on any atom is 0.295 e. The second kappa shape index (κ2) is 9.85. The molecule has 2 aromatic carbocycles. The fourth-order valence-electron chi connectivity index (χ4n) is 3.56. The van der Waals surface area contributed by atoms with Crippen LogP contribution in [0, 0.1) is 0 Å². The summed E-state index contributed by atoms with van der Waals surface area (Å²) in [5.74, 6) is -1.27. The largest absolute Gasteiger partial charge is 0.507 e. The predicted octanol–water partition coefficient (Wildman–Crippen LogP) is 3.90. The highest BCUT2D eigenvalue weighted by molar-refractivity contribution is 6.46. The second-order valence-electron chi connectivity index (χ2n) is 7.01. The van der Waals surface area contributed by atoms with Crippen LogP contribution in [0.1, 0.15) is 30.5 Å². The van der Waals surface area contributed by atoms with Gasteiger partial charge in [-0.2, -0.15) is 0 Å². The van der Waals surface area contributed by atoms with Gasteiger partial charge in [0.2, 0.25) is 0 Å². The van der Waals surface area contributed by atoms with E-state index in [0.29, 0.717) is 36.5 Å². The second-order valence-corrected chi connectivity index (χ2v) is 7.41. The van der Waals surface area contributed by atoms with Crippen LogP contribution in [0.3, 0.4) is 0 Å². The Hall–Kier alpha value is -3.03. The Bertz CT molecular complexity index is 1000. The number of likely N-dealkylation sites (tertiary alicyclic amines) is 1. The quantitative estimate of drug-likeness (QED) is 0.277. The Labute approximate surface area is 185 Å². The minimum absolute atomic E-state index is 0.0340. The SMILES string of the molecule is CCOc1ccc(/C(O)=C2/C(=O)C(=O)N(CCCOC)C2c2ccc(O)c(Cl)c2)cc1. The summed E-state index contributed by atoms with van der Waals surface area (Å²) in [5, 5.41) is 20.9. The molecular weight excluding hydrogens is 422 g/mol. The van der Waals surface area contributed by atoms with Crippen molar-refractivity contribution in [3.8, 4) is 11.5 Å². The molecular formula is C23H24ClNO6. The van der Waals surface area contributed by atoms with E-state index in [1.165, 1.54) is 17.0 Å². The van der Waals surface area contributed by atoms with Gasteiger partial charge in [0.25, 0.3) is 11.7 Å². The van der Waals surface area contributed by atoms with Gasteiger partial charge in [0.1, 0.15) is 17.3 Å². The Kier molecular flexibility index (Phi) is 7.20. The van der Waals surface area contributed by atoms with Crippen LogP contribution in [-0.2, 0) is 14.3 Å². The number of aliphatic hydroxyl groups is 1. The van der Waals surface area contributed by atoms with Crippen molar-refractivity contribution in [2.45, 2.75) is 19.4 Å². The number of rotatable bonds is 8. The summed E-state index contributed by atoms with van der Waals surface area (Å²) in [6, 6.07) is 10.2. The number of methoxy groups -OCH3 is 1. The molecule has 0 aliphatic carbocycles. The van der Waals surface area contributed by atoms with Gasteiger partial charge in [-0.05, 0) is 55.3 Å². The van der Waals surface area contributed by atoms with Gasteiger partial charge >= 0.3 is 0 Å². The number of hydrogen-bond donors (Lipinski definition) is 2. The number of nitrogens with zero attached hydrogens (tertiary/aromatic N) is 1. The zero-order chi connectivity index (χ0) is 22.5. The van der Waals surface area contributed by atoms with Crippen molar-refractivity contribution in [1.82, 2.24) is 4.90 Å². The zero-order valence-electron chi connectivity index (χ0n) is 17.3. The number of ether oxygens (including phenoxy) is 2. The minimum atomic E-state index is -0.846. The first kappa shape index (κ1) is 22.7. The molecule has 0 saturated carbocycles. The number of carbonyl (C=O) groups is 2. The number of carbonyl (C=O) groups excluding carboxylic acids is 2. The van der Waals surface area contributed by atoms with Crippen LogP contribution in [0.2, 0.25) is 5.02 Å². The minimum Gasteiger partial charge on any atom is -0.507 e. The molecule has 2 N–H and O–H groups in total. The van der Waals surface area contributed by atoms with Crippen LogP contribution in [0.25, 0.3) is 5.76 Å². The number of phenolic OH excluding ortho intramolecular Hbond substituents is 1. The number of aliphatic hydroxyl groups excluding tert-OH is 1. The van der Waals surface area contributed by atoms with Gasteiger partial charge in [-0.3, -0.25) is 9.59 Å². The molecule has 31 heavy (non-hydrogen) atoms. The lowest BCUT2D eigenvalue weighted by Gasteiger charge is -2.25. The maximum absolute atomic E-state index is 12.9. The fraction of sp³-hybridized carbons (Fsp3) is 0.304. The molecule has 164 valence electrons. The normalized spacial score (nSPS) is 17.9. The Balaban J connectivity index is 2.09. The van der Waals surface area contributed by atoms with Crippen LogP contribution in [0.4, 0.5) is 0 Å². The van der Waals surface area contributed by atoms with E-state index >= 15 is 0 Å². The zero-order valence-corrected chi connectivity index (χ0v) is 18.1. The van der Waals surface area contributed by atoms with E-state index in [2.05, 4.69) is 0 Å². The van der Waals surface area contributed by atoms with Crippen molar-refractivity contribution in [1.29, 1.82) is 0 Å². The monoisotopic (exact) mass is 445 g/mol. The molecule has 0 aromatic heterocycles. The summed E-state index contributed by atoms with van der Waals surface area (Å²) in [6.45, 7) is 3.02. The predicted molar refractivity (Wildman–Crippen MR) is 116 cm³/mol. The van der Waals surface area contributed by atoms with Crippen molar-refractivity contribution < 1.29 is 29.3 Å². The lowest BCUT2D eigenvalue weighted by molar-refractivity contribution is -0.140. The molecule has 1 unspecified atom stereocenters. The number of ketones is 1. The molecule has 7 nitrogen and oxygen atoms in total. The summed E-state index contributed by atoms with van der Waals surface area (Å²) >= 11 is 6.08. The summed E-state index contributed by atoms with van der Waals surface area (Å²) in [6.07, 6.45) is 0.509. The highest BCUT2D eigenvalue weighted by Crippen LogP contribution is 2.41. The van der Waals surface area contributed by atoms with E-state index < -0.39 is 17.7 Å². The third-order valence-electron chi connectivity index (χ3n) is 5.01. The topological polar surface area (TPSA) is 96.3 Å². The number of aromatic hydroxyl groups is 1. The first-order valence-corrected chi connectivity index (χ1v) is 10.3. The van der Waals surface area contributed by atoms with Crippen LogP contribution < -0.4 is 4.74 Å². The van der Waals surface area contributed by atoms with E-state index in [4.69, 9.17) is 21.1 Å². The molecule has 1 heterocycles. The van der Waals surface area contributed by atoms with Gasteiger partial charge in [-0.1, -0.05) is 17.7 Å². The number of hydrogen-bond acceptors (Lipinski definition) is 6.